The zero-order valence-electron chi connectivity index (χ0n) is 20.7. The number of rotatable bonds is 7. The molecule has 0 aliphatic heterocycles. The summed E-state index contributed by atoms with van der Waals surface area (Å²) in [5.41, 5.74) is 0. The van der Waals surface area contributed by atoms with Gasteiger partial charge in [0.1, 0.15) is 0 Å². The van der Waals surface area contributed by atoms with Gasteiger partial charge >= 0.3 is 19.5 Å². The molecule has 0 amide bonds. The molecule has 1 nitrogen and oxygen atoms in total. The molecule has 0 radical (unpaired) electrons. The van der Waals surface area contributed by atoms with Crippen LogP contribution in [0.1, 0.15) is 47.5 Å². The average Bonchev–Trinajstić information content (AvgIpc) is 2.63. The molecule has 0 aliphatic carbocycles. The molecule has 0 bridgehead atoms. The molecule has 2 rings (SSSR count). The van der Waals surface area contributed by atoms with Crippen molar-refractivity contribution in [3.05, 3.63) is 73.6 Å². The molecule has 0 aromatic heterocycles. The standard InChI is InChI=1S/C22H31OSi.C4H11Si.Zn/c1-6-7-14-19(2)23-24(22(3,4)5,20-15-10-8-11-16-20)21-17-12-9-13-18-21;1-5(2,3)4;/h6,8-13,15-19H,7,14H2,1-5H3;1H2,2-4H3;/q2*-1;+2/t19-;;/m1../s1. The van der Waals surface area contributed by atoms with Crippen molar-refractivity contribution in [1.29, 1.82) is 0 Å². The zero-order chi connectivity index (χ0) is 22.1. The van der Waals surface area contributed by atoms with Gasteiger partial charge in [-0.15, -0.1) is 8.07 Å². The molecule has 0 aliphatic rings. The Labute approximate surface area is 201 Å². The predicted octanol–water partition coefficient (Wildman–Crippen LogP) is 6.65. The fourth-order valence-electron chi connectivity index (χ4n) is 3.45. The Morgan fingerprint density at radius 3 is 1.57 bits per heavy atom. The molecule has 2 aromatic rings. The molecule has 0 saturated carbocycles. The van der Waals surface area contributed by atoms with Crippen LogP contribution in [0.25, 0.3) is 0 Å². The van der Waals surface area contributed by atoms with Crippen LogP contribution in [0, 0.1) is 13.0 Å². The molecule has 0 heterocycles. The van der Waals surface area contributed by atoms with E-state index in [-0.39, 0.29) is 30.6 Å². The smallest absolute Gasteiger partial charge is 0.405 e. The van der Waals surface area contributed by atoms with E-state index >= 15 is 0 Å². The summed E-state index contributed by atoms with van der Waals surface area (Å²) in [5.74, 6) is 0. The molecule has 0 N–H and O–H groups in total. The zero-order valence-corrected chi connectivity index (χ0v) is 25.6. The van der Waals surface area contributed by atoms with E-state index in [9.17, 15) is 0 Å². The van der Waals surface area contributed by atoms with Crippen LogP contribution < -0.4 is 10.4 Å². The largest absolute Gasteiger partial charge is 2.00 e. The molecule has 0 unspecified atom stereocenters. The van der Waals surface area contributed by atoms with Crippen molar-refractivity contribution in [2.24, 2.45) is 0 Å². The number of hydrogen-bond donors (Lipinski definition) is 0. The van der Waals surface area contributed by atoms with Crippen molar-refractivity contribution < 1.29 is 23.9 Å². The quantitative estimate of drug-likeness (QED) is 0.311. The van der Waals surface area contributed by atoms with Gasteiger partial charge in [0.2, 0.25) is 0 Å². The summed E-state index contributed by atoms with van der Waals surface area (Å²) in [6, 6.07) is 21.7. The molecule has 162 valence electrons. The molecular weight excluding hydrogens is 450 g/mol. The summed E-state index contributed by atoms with van der Waals surface area (Å²) >= 11 is 0. The first-order chi connectivity index (χ1) is 13.4. The Bertz CT molecular complexity index is 645. The number of unbranched alkanes of at least 4 members (excludes halogenated alkanes) is 1. The maximum Gasteiger partial charge on any atom is 2.00 e. The third kappa shape index (κ3) is 9.30. The van der Waals surface area contributed by atoms with Crippen molar-refractivity contribution in [1.82, 2.24) is 0 Å². The Morgan fingerprint density at radius 1 is 0.900 bits per heavy atom. The van der Waals surface area contributed by atoms with E-state index in [0.29, 0.717) is 0 Å². The molecule has 2 aromatic carbocycles. The average molecular weight is 492 g/mol. The van der Waals surface area contributed by atoms with Gasteiger partial charge in [-0.3, -0.25) is 0 Å². The van der Waals surface area contributed by atoms with Crippen molar-refractivity contribution in [2.75, 3.05) is 0 Å². The van der Waals surface area contributed by atoms with Gasteiger partial charge in [0.15, 0.2) is 0 Å². The van der Waals surface area contributed by atoms with Gasteiger partial charge in [-0.1, -0.05) is 107 Å². The van der Waals surface area contributed by atoms with Gasteiger partial charge in [-0.25, -0.2) is 0 Å². The first-order valence-electron chi connectivity index (χ1n) is 10.8. The molecule has 0 fully saturated rings. The summed E-state index contributed by atoms with van der Waals surface area (Å²) in [6.45, 7) is 21.9. The minimum absolute atomic E-state index is 0. The summed E-state index contributed by atoms with van der Waals surface area (Å²) < 4.78 is 7.00. The van der Waals surface area contributed by atoms with Crippen LogP contribution in [0.15, 0.2) is 60.7 Å². The second-order valence-corrected chi connectivity index (χ2v) is 19.5. The minimum Gasteiger partial charge on any atom is -0.405 e. The Morgan fingerprint density at radius 2 is 1.27 bits per heavy atom. The topological polar surface area (TPSA) is 9.23 Å². The fraction of sp³-hybridized carbons (Fsp3) is 0.462. The van der Waals surface area contributed by atoms with Gasteiger partial charge in [0.05, 0.1) is 0 Å². The van der Waals surface area contributed by atoms with E-state index in [1.54, 1.807) is 0 Å². The summed E-state index contributed by atoms with van der Waals surface area (Å²) in [6.07, 6.45) is 4.64. The van der Waals surface area contributed by atoms with E-state index in [4.69, 9.17) is 4.43 Å². The SMILES string of the molecule is C[CH-]CC[C@@H](C)O[Si](c1ccccc1)(c1ccccc1)C(C)(C)C.[CH2-][Si](C)(C)C.[Zn+2]. The van der Waals surface area contributed by atoms with Gasteiger partial charge in [0, 0.05) is 6.10 Å². The number of benzene rings is 2. The normalized spacial score (nSPS) is 13.0. The van der Waals surface area contributed by atoms with Crippen molar-refractivity contribution in [3.8, 4) is 0 Å². The molecule has 4 heteroatoms. The van der Waals surface area contributed by atoms with E-state index in [1.165, 1.54) is 10.4 Å². The molecule has 30 heavy (non-hydrogen) atoms. The first-order valence-corrected chi connectivity index (χ1v) is 16.5. The van der Waals surface area contributed by atoms with Crippen LogP contribution in [-0.4, -0.2) is 22.5 Å². The third-order valence-corrected chi connectivity index (χ3v) is 9.82. The Balaban J connectivity index is 0.00000125. The minimum atomic E-state index is -2.38. The maximum absolute atomic E-state index is 7.00. The van der Waals surface area contributed by atoms with Crippen LogP contribution in [0.2, 0.25) is 24.7 Å². The van der Waals surface area contributed by atoms with Gasteiger partial charge < -0.3 is 17.4 Å². The van der Waals surface area contributed by atoms with E-state index in [2.05, 4.69) is 128 Å². The van der Waals surface area contributed by atoms with E-state index < -0.39 is 16.4 Å². The van der Waals surface area contributed by atoms with Crippen molar-refractivity contribution in [3.63, 3.8) is 0 Å². The molecule has 0 spiro atoms. The fourth-order valence-corrected chi connectivity index (χ4v) is 8.19. The Kier molecular flexibility index (Phi) is 12.9. The van der Waals surface area contributed by atoms with Crippen LogP contribution in [-0.2, 0) is 23.9 Å². The van der Waals surface area contributed by atoms with E-state index in [1.807, 2.05) is 0 Å². The predicted molar refractivity (Wildman–Crippen MR) is 136 cm³/mol. The molecule has 1 atom stereocenters. The van der Waals surface area contributed by atoms with Gasteiger partial charge in [-0.2, -0.15) is 13.3 Å². The monoisotopic (exact) mass is 490 g/mol. The van der Waals surface area contributed by atoms with E-state index in [0.717, 1.165) is 12.8 Å². The van der Waals surface area contributed by atoms with Gasteiger partial charge in [-0.05, 0) is 22.3 Å². The molecular formula is C26H42OSi2Zn. The third-order valence-electron chi connectivity index (χ3n) is 4.66. The first kappa shape index (κ1) is 29.5. The van der Waals surface area contributed by atoms with Crippen LogP contribution in [0.5, 0.6) is 0 Å². The molecule has 0 saturated heterocycles. The summed E-state index contributed by atoms with van der Waals surface area (Å²) in [4.78, 5) is 0. The summed E-state index contributed by atoms with van der Waals surface area (Å²) in [5, 5.41) is 2.77. The van der Waals surface area contributed by atoms with Crippen molar-refractivity contribution in [2.45, 2.75) is 78.2 Å². The number of hydrogen-bond acceptors (Lipinski definition) is 1. The van der Waals surface area contributed by atoms with Crippen LogP contribution in [0.4, 0.5) is 0 Å². The Hall–Kier alpha value is -0.543. The van der Waals surface area contributed by atoms with Crippen LogP contribution >= 0.6 is 0 Å². The maximum atomic E-state index is 7.00. The summed E-state index contributed by atoms with van der Waals surface area (Å²) in [7, 11) is -3.24. The second-order valence-electron chi connectivity index (χ2n) is 10.1. The second kappa shape index (κ2) is 13.1. The van der Waals surface area contributed by atoms with Gasteiger partial charge in [0.25, 0.3) is 8.32 Å². The van der Waals surface area contributed by atoms with Crippen LogP contribution in [0.3, 0.4) is 0 Å². The van der Waals surface area contributed by atoms with Crippen molar-refractivity contribution >= 4 is 26.8 Å².